The summed E-state index contributed by atoms with van der Waals surface area (Å²) in [6, 6.07) is 0. The van der Waals surface area contributed by atoms with Crippen molar-refractivity contribution in [2.45, 2.75) is 245 Å². The van der Waals surface area contributed by atoms with Gasteiger partial charge in [0.1, 0.15) is 0 Å². The minimum Gasteiger partial charge on any atom is -0.481 e. The van der Waals surface area contributed by atoms with Gasteiger partial charge in [-0.2, -0.15) is 0 Å². The number of aliphatic hydroxyl groups is 10. The first kappa shape index (κ1) is 78.2. The molecule has 0 aliphatic carbocycles. The summed E-state index contributed by atoms with van der Waals surface area (Å²) in [6.45, 7) is 38.4. The Labute approximate surface area is 311 Å². The van der Waals surface area contributed by atoms with Crippen molar-refractivity contribution in [2.75, 3.05) is 0 Å². The average Bonchev–Trinajstić information content (AvgIpc) is 2.73. The van der Waals surface area contributed by atoms with E-state index in [4.69, 9.17) is 56.2 Å². The van der Waals surface area contributed by atoms with Crippen molar-refractivity contribution in [3.8, 4) is 0 Å². The van der Waals surface area contributed by atoms with Crippen LogP contribution in [0.15, 0.2) is 0 Å². The number of hydrogen-bond acceptors (Lipinski definition) is 11. The molecule has 0 radical (unpaired) electrons. The van der Waals surface area contributed by atoms with Gasteiger partial charge in [-0.25, -0.2) is 0 Å². The molecule has 0 amide bonds. The monoisotopic (exact) mass is 745 g/mol. The fourth-order valence-corrected chi connectivity index (χ4v) is 0.870. The van der Waals surface area contributed by atoms with Crippen LogP contribution in [-0.4, -0.2) is 123 Å². The molecule has 0 aromatic heterocycles. The Bertz CT molecular complexity index is 374. The predicted molar refractivity (Wildman–Crippen MR) is 215 cm³/mol. The third-order valence-corrected chi connectivity index (χ3v) is 1.54. The van der Waals surface area contributed by atoms with Crippen molar-refractivity contribution in [3.05, 3.63) is 0 Å². The van der Waals surface area contributed by atoms with Gasteiger partial charge in [-0.3, -0.25) is 4.79 Å². The molecule has 0 aliphatic heterocycles. The Balaban J connectivity index is -0.0000000376. The van der Waals surface area contributed by atoms with Gasteiger partial charge in [0.15, 0.2) is 0 Å². The van der Waals surface area contributed by atoms with Crippen molar-refractivity contribution < 1.29 is 61.0 Å². The first-order valence-electron chi connectivity index (χ1n) is 18.0. The summed E-state index contributed by atoms with van der Waals surface area (Å²) in [6.07, 6.45) is 3.83. The molecule has 0 saturated carbocycles. The summed E-state index contributed by atoms with van der Waals surface area (Å²) in [4.78, 5) is 9.85. The van der Waals surface area contributed by atoms with E-state index in [0.717, 1.165) is 0 Å². The second-order valence-electron chi connectivity index (χ2n) is 13.9. The Morgan fingerprint density at radius 2 is 0.500 bits per heavy atom. The van der Waals surface area contributed by atoms with E-state index < -0.39 is 11.6 Å². The highest BCUT2D eigenvalue weighted by atomic mass is 16.4. The lowest BCUT2D eigenvalue weighted by atomic mass is 10.1. The summed E-state index contributed by atoms with van der Waals surface area (Å²) in [7, 11) is 0. The SMILES string of the molecule is CC(C)(O)CC(=O)O.CC(C)O.CC(C)O.CC(C)O.CC(C)O.CC(C)O.CC(C)O.CC(C)O.CC(C)O.CC(C)O.CCCCCC. The number of rotatable bonds is 5. The molecule has 0 atom stereocenters. The topological polar surface area (TPSA) is 240 Å². The lowest BCUT2D eigenvalue weighted by Crippen LogP contribution is -2.22. The Hall–Kier alpha value is -0.930. The normalized spacial score (nSPS) is 9.38. The largest absolute Gasteiger partial charge is 0.481 e. The standard InChI is InChI=1S/C6H14.C5H10O3.9C3H8O/c1-3-5-6-4-2;1-5(2,8)3-4(6)7;9*1-3(2)4/h3-6H2,1-2H3;8H,3H2,1-2H3,(H,6,7);9*3-4H,1-2H3. The van der Waals surface area contributed by atoms with Crippen LogP contribution < -0.4 is 0 Å². The summed E-state index contributed by atoms with van der Waals surface area (Å²) >= 11 is 0. The summed E-state index contributed by atoms with van der Waals surface area (Å²) in [5.74, 6) is -0.975. The van der Waals surface area contributed by atoms with Crippen LogP contribution in [0.4, 0.5) is 0 Å². The van der Waals surface area contributed by atoms with Crippen LogP contribution in [-0.2, 0) is 4.79 Å². The molecule has 0 spiro atoms. The van der Waals surface area contributed by atoms with E-state index in [9.17, 15) is 4.79 Å². The number of unbranched alkanes of at least 4 members (excludes halogenated alkanes) is 3. The van der Waals surface area contributed by atoms with Gasteiger partial charge in [0.05, 0.1) is 12.0 Å². The van der Waals surface area contributed by atoms with Crippen LogP contribution in [0, 0.1) is 0 Å². The van der Waals surface area contributed by atoms with Crippen molar-refractivity contribution in [1.29, 1.82) is 0 Å². The molecule has 0 saturated heterocycles. The Morgan fingerprint density at radius 3 is 0.520 bits per heavy atom. The number of aliphatic hydroxyl groups excluding tert-OH is 9. The fourth-order valence-electron chi connectivity index (χ4n) is 0.870. The lowest BCUT2D eigenvalue weighted by Gasteiger charge is -2.12. The first-order valence-corrected chi connectivity index (χ1v) is 18.0. The second kappa shape index (κ2) is 66.3. The summed E-state index contributed by atoms with van der Waals surface area (Å²) in [5.41, 5.74) is -1.08. The highest BCUT2D eigenvalue weighted by molar-refractivity contribution is 5.67. The molecular weight excluding hydrogens is 648 g/mol. The summed E-state index contributed by atoms with van der Waals surface area (Å²) < 4.78 is 0. The quantitative estimate of drug-likeness (QED) is 0.139. The molecule has 0 fully saturated rings. The van der Waals surface area contributed by atoms with Gasteiger partial charge in [0, 0.05) is 54.9 Å². The zero-order valence-corrected chi connectivity index (χ0v) is 37.1. The number of hydrogen-bond donors (Lipinski definition) is 11. The van der Waals surface area contributed by atoms with Crippen molar-refractivity contribution >= 4 is 5.97 Å². The van der Waals surface area contributed by atoms with Crippen LogP contribution in [0.25, 0.3) is 0 Å². The van der Waals surface area contributed by atoms with Crippen molar-refractivity contribution in [3.63, 3.8) is 0 Å². The van der Waals surface area contributed by atoms with E-state index in [1.807, 2.05) is 0 Å². The van der Waals surface area contributed by atoms with Crippen LogP contribution in [0.5, 0.6) is 0 Å². The maximum absolute atomic E-state index is 9.85. The van der Waals surface area contributed by atoms with Crippen LogP contribution in [0.2, 0.25) is 0 Å². The molecule has 50 heavy (non-hydrogen) atoms. The molecule has 0 aliphatic rings. The maximum atomic E-state index is 9.85. The predicted octanol–water partition coefficient (Wildman–Crippen LogP) is 6.30. The molecule has 0 aromatic rings. The van der Waals surface area contributed by atoms with Crippen LogP contribution in [0.1, 0.15) is 184 Å². The van der Waals surface area contributed by atoms with Crippen molar-refractivity contribution in [1.82, 2.24) is 0 Å². The zero-order chi connectivity index (χ0) is 43.8. The van der Waals surface area contributed by atoms with E-state index in [2.05, 4.69) is 13.8 Å². The molecule has 0 unspecified atom stereocenters. The van der Waals surface area contributed by atoms with Crippen molar-refractivity contribution in [2.24, 2.45) is 0 Å². The molecular formula is C38H96O12. The highest BCUT2D eigenvalue weighted by Gasteiger charge is 2.16. The molecule has 320 valence electrons. The minimum absolute atomic E-state index is 0.167. The van der Waals surface area contributed by atoms with Gasteiger partial charge in [-0.05, 0) is 138 Å². The smallest absolute Gasteiger partial charge is 0.306 e. The number of aliphatic carboxylic acids is 1. The lowest BCUT2D eigenvalue weighted by molar-refractivity contribution is -0.141. The van der Waals surface area contributed by atoms with E-state index in [1.165, 1.54) is 39.5 Å². The van der Waals surface area contributed by atoms with E-state index in [-0.39, 0.29) is 61.4 Å². The van der Waals surface area contributed by atoms with E-state index >= 15 is 0 Å². The third-order valence-electron chi connectivity index (χ3n) is 1.54. The highest BCUT2D eigenvalue weighted by Crippen LogP contribution is 2.05. The molecule has 0 bridgehead atoms. The van der Waals surface area contributed by atoms with Crippen LogP contribution >= 0.6 is 0 Å². The average molecular weight is 745 g/mol. The van der Waals surface area contributed by atoms with E-state index in [0.29, 0.717) is 0 Å². The Morgan fingerprint density at radius 1 is 0.400 bits per heavy atom. The van der Waals surface area contributed by atoms with Gasteiger partial charge in [-0.15, -0.1) is 0 Å². The minimum atomic E-state index is -1.08. The maximum Gasteiger partial charge on any atom is 0.306 e. The number of carboxylic acids is 1. The second-order valence-corrected chi connectivity index (χ2v) is 13.9. The van der Waals surface area contributed by atoms with Gasteiger partial charge in [0.25, 0.3) is 0 Å². The number of carboxylic acid groups (broad SMARTS) is 1. The number of carbonyl (C=O) groups is 1. The van der Waals surface area contributed by atoms with E-state index in [1.54, 1.807) is 125 Å². The molecule has 12 heteroatoms. The molecule has 0 aromatic carbocycles. The molecule has 11 N–H and O–H groups in total. The van der Waals surface area contributed by atoms with Gasteiger partial charge < -0.3 is 56.2 Å². The first-order chi connectivity index (χ1) is 21.9. The Kier molecular flexibility index (Phi) is 104. The summed E-state index contributed by atoms with van der Waals surface area (Å²) in [5, 5.41) is 89.4. The zero-order valence-electron chi connectivity index (χ0n) is 37.1. The molecule has 0 rings (SSSR count). The molecule has 0 heterocycles. The fraction of sp³-hybridized carbons (Fsp3) is 0.974. The van der Waals surface area contributed by atoms with Gasteiger partial charge in [-0.1, -0.05) is 39.5 Å². The molecule has 12 nitrogen and oxygen atoms in total. The van der Waals surface area contributed by atoms with Crippen LogP contribution in [0.3, 0.4) is 0 Å². The van der Waals surface area contributed by atoms with Gasteiger partial charge >= 0.3 is 5.97 Å². The van der Waals surface area contributed by atoms with Gasteiger partial charge in [0.2, 0.25) is 0 Å². The third kappa shape index (κ3) is 2000.